The summed E-state index contributed by atoms with van der Waals surface area (Å²) in [6.07, 6.45) is 2.45. The Labute approximate surface area is 189 Å². The Bertz CT molecular complexity index is 1160. The van der Waals surface area contributed by atoms with Crippen molar-refractivity contribution >= 4 is 46.8 Å². The molecular weight excluding hydrogens is 436 g/mol. The van der Waals surface area contributed by atoms with Gasteiger partial charge in [0, 0.05) is 17.4 Å². The molecule has 0 fully saturated rings. The Kier molecular flexibility index (Phi) is 6.64. The number of aromatic nitrogens is 4. The van der Waals surface area contributed by atoms with Gasteiger partial charge >= 0.3 is 12.1 Å². The number of benzene rings is 1. The molecule has 0 radical (unpaired) electrons. The van der Waals surface area contributed by atoms with Gasteiger partial charge in [0.2, 0.25) is 0 Å². The Morgan fingerprint density at radius 2 is 1.75 bits per heavy atom. The number of hydrogen-bond acceptors (Lipinski definition) is 9. The molecule has 0 unspecified atom stereocenters. The van der Waals surface area contributed by atoms with Crippen molar-refractivity contribution in [2.75, 3.05) is 17.7 Å². The number of carbonyl (C=O) groups is 2. The normalized spacial score (nSPS) is 11.1. The van der Waals surface area contributed by atoms with Crippen LogP contribution in [0.4, 0.5) is 27.9 Å². The van der Waals surface area contributed by atoms with Crippen LogP contribution < -0.4 is 10.6 Å². The first-order valence-electron chi connectivity index (χ1n) is 9.60. The predicted octanol–water partition coefficient (Wildman–Crippen LogP) is 4.69. The molecule has 3 aromatic rings. The van der Waals surface area contributed by atoms with E-state index in [9.17, 15) is 9.59 Å². The second-order valence-electron chi connectivity index (χ2n) is 7.79. The minimum absolute atomic E-state index is 0.226. The maximum atomic E-state index is 12.3. The van der Waals surface area contributed by atoms with Crippen LogP contribution in [0.3, 0.4) is 0 Å². The molecule has 1 aromatic carbocycles. The Morgan fingerprint density at radius 1 is 1.06 bits per heavy atom. The van der Waals surface area contributed by atoms with Gasteiger partial charge in [-0.15, -0.1) is 5.10 Å². The first-order chi connectivity index (χ1) is 15.1. The molecule has 0 bridgehead atoms. The number of anilines is 4. The highest BCUT2D eigenvalue weighted by Crippen LogP contribution is 2.24. The summed E-state index contributed by atoms with van der Waals surface area (Å²) in [4.78, 5) is 32.7. The molecule has 2 heterocycles. The standard InChI is InChI=1S/C21H23ClN6O4/c1-12-8-16(27-28(12)20(30)32-21(2,3)4)25-18-11-23-10-17(26-18)24-13-6-7-15(22)14(9-13)19(29)31-5/h6-11H,1-5H3,(H2,24,25,26,27). The van der Waals surface area contributed by atoms with Crippen LogP contribution in [0.5, 0.6) is 0 Å². The van der Waals surface area contributed by atoms with Gasteiger partial charge in [-0.05, 0) is 45.9 Å². The lowest BCUT2D eigenvalue weighted by atomic mass is 10.2. The fourth-order valence-corrected chi connectivity index (χ4v) is 2.86. The van der Waals surface area contributed by atoms with Crippen LogP contribution in [-0.2, 0) is 9.47 Å². The molecule has 10 nitrogen and oxygen atoms in total. The second-order valence-corrected chi connectivity index (χ2v) is 8.20. The fourth-order valence-electron chi connectivity index (χ4n) is 2.66. The van der Waals surface area contributed by atoms with Gasteiger partial charge in [0.25, 0.3) is 0 Å². The van der Waals surface area contributed by atoms with Gasteiger partial charge in [-0.3, -0.25) is 4.98 Å². The molecule has 11 heteroatoms. The van der Waals surface area contributed by atoms with E-state index in [0.29, 0.717) is 28.8 Å². The van der Waals surface area contributed by atoms with E-state index in [4.69, 9.17) is 21.1 Å². The molecule has 3 rings (SSSR count). The molecule has 168 valence electrons. The Balaban J connectivity index is 1.76. The molecule has 0 atom stereocenters. The fraction of sp³-hybridized carbons (Fsp3) is 0.286. The van der Waals surface area contributed by atoms with Gasteiger partial charge in [-0.25, -0.2) is 14.6 Å². The number of hydrogen-bond donors (Lipinski definition) is 2. The van der Waals surface area contributed by atoms with Crippen LogP contribution in [-0.4, -0.2) is 44.5 Å². The van der Waals surface area contributed by atoms with Crippen LogP contribution in [0.2, 0.25) is 5.02 Å². The highest BCUT2D eigenvalue weighted by molar-refractivity contribution is 6.33. The SMILES string of the molecule is COC(=O)c1cc(Nc2cncc(Nc3cc(C)n(C(=O)OC(C)(C)C)n3)n2)ccc1Cl. The number of halogens is 1. The average Bonchev–Trinajstić information content (AvgIpc) is 3.08. The van der Waals surface area contributed by atoms with Crippen molar-refractivity contribution in [2.45, 2.75) is 33.3 Å². The highest BCUT2D eigenvalue weighted by Gasteiger charge is 2.20. The number of esters is 1. The van der Waals surface area contributed by atoms with E-state index in [-0.39, 0.29) is 10.6 Å². The lowest BCUT2D eigenvalue weighted by Gasteiger charge is -2.19. The van der Waals surface area contributed by atoms with E-state index < -0.39 is 17.7 Å². The molecule has 32 heavy (non-hydrogen) atoms. The number of aryl methyl sites for hydroxylation is 1. The molecular formula is C21H23ClN6O4. The molecule has 0 spiro atoms. The molecule has 2 N–H and O–H groups in total. The van der Waals surface area contributed by atoms with Crippen LogP contribution in [0, 0.1) is 6.92 Å². The average molecular weight is 459 g/mol. The van der Waals surface area contributed by atoms with Gasteiger partial charge in [-0.1, -0.05) is 11.6 Å². The maximum Gasteiger partial charge on any atom is 0.435 e. The zero-order chi connectivity index (χ0) is 23.5. The Hall–Kier alpha value is -3.66. The second kappa shape index (κ2) is 9.23. The summed E-state index contributed by atoms with van der Waals surface area (Å²) < 4.78 is 11.3. The summed E-state index contributed by atoms with van der Waals surface area (Å²) in [5.41, 5.74) is 0.764. The van der Waals surface area contributed by atoms with E-state index in [0.717, 1.165) is 0 Å². The van der Waals surface area contributed by atoms with Crippen LogP contribution in [0.25, 0.3) is 0 Å². The third-order valence-corrected chi connectivity index (χ3v) is 4.32. The lowest BCUT2D eigenvalue weighted by Crippen LogP contribution is -2.28. The van der Waals surface area contributed by atoms with E-state index >= 15 is 0 Å². The molecule has 0 saturated heterocycles. The van der Waals surface area contributed by atoms with Crippen molar-refractivity contribution in [3.05, 3.63) is 52.9 Å². The summed E-state index contributed by atoms with van der Waals surface area (Å²) in [6.45, 7) is 7.09. The quantitative estimate of drug-likeness (QED) is 0.524. The molecule has 0 saturated carbocycles. The summed E-state index contributed by atoms with van der Waals surface area (Å²) in [5, 5.41) is 10.6. The van der Waals surface area contributed by atoms with Crippen molar-refractivity contribution in [1.29, 1.82) is 0 Å². The topological polar surface area (TPSA) is 120 Å². The molecule has 0 aliphatic heterocycles. The van der Waals surface area contributed by atoms with Gasteiger partial charge < -0.3 is 20.1 Å². The summed E-state index contributed by atoms with van der Waals surface area (Å²) in [6, 6.07) is 6.52. The Morgan fingerprint density at radius 3 is 2.41 bits per heavy atom. The molecule has 0 aliphatic rings. The summed E-state index contributed by atoms with van der Waals surface area (Å²) in [5.74, 6) is 0.665. The van der Waals surface area contributed by atoms with Gasteiger partial charge in [0.15, 0.2) is 17.5 Å². The molecule has 2 aromatic heterocycles. The lowest BCUT2D eigenvalue weighted by molar-refractivity contribution is 0.0510. The first kappa shape index (κ1) is 23.0. The first-order valence-corrected chi connectivity index (χ1v) is 9.97. The number of nitrogens with zero attached hydrogens (tertiary/aromatic N) is 4. The number of ether oxygens (including phenoxy) is 2. The third kappa shape index (κ3) is 5.73. The molecule has 0 amide bonds. The summed E-state index contributed by atoms with van der Waals surface area (Å²) in [7, 11) is 1.28. The monoisotopic (exact) mass is 458 g/mol. The van der Waals surface area contributed by atoms with Gasteiger partial charge in [-0.2, -0.15) is 4.68 Å². The minimum atomic E-state index is -0.635. The summed E-state index contributed by atoms with van der Waals surface area (Å²) >= 11 is 6.05. The molecule has 0 aliphatic carbocycles. The highest BCUT2D eigenvalue weighted by atomic mass is 35.5. The minimum Gasteiger partial charge on any atom is -0.465 e. The van der Waals surface area contributed by atoms with Crippen molar-refractivity contribution in [3.63, 3.8) is 0 Å². The van der Waals surface area contributed by atoms with Crippen molar-refractivity contribution in [2.24, 2.45) is 0 Å². The predicted molar refractivity (Wildman–Crippen MR) is 120 cm³/mol. The van der Waals surface area contributed by atoms with E-state index in [1.54, 1.807) is 52.0 Å². The number of carbonyl (C=O) groups excluding carboxylic acids is 2. The van der Waals surface area contributed by atoms with E-state index in [1.165, 1.54) is 24.2 Å². The maximum absolute atomic E-state index is 12.3. The number of methoxy groups -OCH3 is 1. The third-order valence-electron chi connectivity index (χ3n) is 3.99. The van der Waals surface area contributed by atoms with Gasteiger partial charge in [0.1, 0.15) is 5.60 Å². The van der Waals surface area contributed by atoms with Crippen LogP contribution in [0.15, 0.2) is 36.7 Å². The van der Waals surface area contributed by atoms with Crippen LogP contribution in [0.1, 0.15) is 36.8 Å². The van der Waals surface area contributed by atoms with Crippen LogP contribution >= 0.6 is 11.6 Å². The zero-order valence-corrected chi connectivity index (χ0v) is 19.0. The van der Waals surface area contributed by atoms with E-state index in [2.05, 4.69) is 25.7 Å². The van der Waals surface area contributed by atoms with Crippen molar-refractivity contribution in [1.82, 2.24) is 19.7 Å². The smallest absolute Gasteiger partial charge is 0.435 e. The van der Waals surface area contributed by atoms with Gasteiger partial charge in [0.05, 0.1) is 30.1 Å². The largest absolute Gasteiger partial charge is 0.465 e. The van der Waals surface area contributed by atoms with E-state index in [1.807, 2.05) is 0 Å². The number of rotatable bonds is 5. The van der Waals surface area contributed by atoms with Crippen molar-refractivity contribution in [3.8, 4) is 0 Å². The number of nitrogens with one attached hydrogen (secondary N) is 2. The van der Waals surface area contributed by atoms with Crippen molar-refractivity contribution < 1.29 is 19.1 Å². The zero-order valence-electron chi connectivity index (χ0n) is 18.3.